The number of carbonyl (C=O) groups is 3. The van der Waals surface area contributed by atoms with E-state index in [-0.39, 0.29) is 6.61 Å². The van der Waals surface area contributed by atoms with E-state index in [4.69, 9.17) is 39.5 Å². The molecule has 3 aromatic carbocycles. The summed E-state index contributed by atoms with van der Waals surface area (Å²) in [6.07, 6.45) is 1.28. The van der Waals surface area contributed by atoms with Crippen LogP contribution >= 0.6 is 50.7 Å². The highest BCUT2D eigenvalue weighted by atomic mass is 79.9. The van der Waals surface area contributed by atoms with Crippen LogP contribution in [0, 0.1) is 0 Å². The normalized spacial score (nSPS) is 10.6. The van der Waals surface area contributed by atoms with Crippen LogP contribution in [0.5, 0.6) is 5.75 Å². The van der Waals surface area contributed by atoms with Gasteiger partial charge in [-0.2, -0.15) is 5.10 Å². The van der Waals surface area contributed by atoms with Gasteiger partial charge in [-0.05, 0) is 54.6 Å². The molecule has 0 radical (unpaired) electrons. The summed E-state index contributed by atoms with van der Waals surface area (Å²) >= 11 is 21.1. The lowest BCUT2D eigenvalue weighted by atomic mass is 10.2. The molecule has 0 aliphatic rings. The zero-order valence-electron chi connectivity index (χ0n) is 17.7. The van der Waals surface area contributed by atoms with Crippen LogP contribution in [0.2, 0.25) is 15.1 Å². The van der Waals surface area contributed by atoms with Gasteiger partial charge in [-0.1, -0.05) is 56.8 Å². The lowest BCUT2D eigenvalue weighted by Crippen LogP contribution is -2.32. The second-order valence-electron chi connectivity index (χ2n) is 6.84. The fourth-order valence-electron chi connectivity index (χ4n) is 2.68. The first-order valence-electron chi connectivity index (χ1n) is 9.78. The lowest BCUT2D eigenvalue weighted by molar-refractivity contribution is -0.136. The van der Waals surface area contributed by atoms with Crippen LogP contribution in [0.4, 0.5) is 11.4 Å². The molecule has 3 aromatic rings. The largest absolute Gasteiger partial charge is 0.483 e. The standard InChI is InChI=1S/C23H16BrCl3N4O4/c24-14-4-5-20(35-12-21(32)29-19-9-16(26)7-17(27)10-19)13(6-14)11-28-31-23(34)22(33)30-18-3-1-2-15(25)8-18/h1-11H,12H2,(H,29,32)(H,30,33)(H,31,34)/b28-11-. The summed E-state index contributed by atoms with van der Waals surface area (Å²) in [6.45, 7) is -0.318. The molecule has 35 heavy (non-hydrogen) atoms. The van der Waals surface area contributed by atoms with Crippen LogP contribution < -0.4 is 20.8 Å². The first-order valence-corrected chi connectivity index (χ1v) is 11.7. The van der Waals surface area contributed by atoms with Gasteiger partial charge in [-0.15, -0.1) is 0 Å². The zero-order valence-corrected chi connectivity index (χ0v) is 21.5. The Morgan fingerprint density at radius 2 is 1.57 bits per heavy atom. The van der Waals surface area contributed by atoms with Crippen molar-refractivity contribution in [1.82, 2.24) is 5.43 Å². The molecule has 3 amide bonds. The molecule has 0 aliphatic heterocycles. The van der Waals surface area contributed by atoms with Crippen molar-refractivity contribution in [1.29, 1.82) is 0 Å². The summed E-state index contributed by atoms with van der Waals surface area (Å²) < 4.78 is 6.29. The molecule has 3 N–H and O–H groups in total. The highest BCUT2D eigenvalue weighted by molar-refractivity contribution is 9.10. The molecule has 0 saturated carbocycles. The van der Waals surface area contributed by atoms with Gasteiger partial charge in [0.05, 0.1) is 6.21 Å². The number of hydrazone groups is 1. The number of hydrogen-bond acceptors (Lipinski definition) is 5. The van der Waals surface area contributed by atoms with Crippen LogP contribution in [0.15, 0.2) is 70.2 Å². The summed E-state index contributed by atoms with van der Waals surface area (Å²) in [7, 11) is 0. The van der Waals surface area contributed by atoms with Gasteiger partial charge in [-0.3, -0.25) is 14.4 Å². The van der Waals surface area contributed by atoms with E-state index in [1.165, 1.54) is 12.3 Å². The molecule has 3 rings (SSSR count). The quantitative estimate of drug-likeness (QED) is 0.189. The van der Waals surface area contributed by atoms with Gasteiger partial charge < -0.3 is 15.4 Å². The van der Waals surface area contributed by atoms with Gasteiger partial charge in [0.15, 0.2) is 6.61 Å². The van der Waals surface area contributed by atoms with E-state index in [0.29, 0.717) is 42.2 Å². The van der Waals surface area contributed by atoms with Crippen LogP contribution in [0.3, 0.4) is 0 Å². The number of amides is 3. The summed E-state index contributed by atoms with van der Waals surface area (Å²) in [6, 6.07) is 16.0. The SMILES string of the molecule is O=C(COc1ccc(Br)cc1/C=N\NC(=O)C(=O)Nc1cccc(Cl)c1)Nc1cc(Cl)cc(Cl)c1. The molecule has 0 atom stereocenters. The predicted octanol–water partition coefficient (Wildman–Crippen LogP) is 5.52. The zero-order chi connectivity index (χ0) is 25.4. The van der Waals surface area contributed by atoms with E-state index in [9.17, 15) is 14.4 Å². The number of benzene rings is 3. The molecule has 0 spiro atoms. The lowest BCUT2D eigenvalue weighted by Gasteiger charge is -2.10. The van der Waals surface area contributed by atoms with Gasteiger partial charge >= 0.3 is 11.8 Å². The van der Waals surface area contributed by atoms with Crippen LogP contribution in [0.25, 0.3) is 0 Å². The van der Waals surface area contributed by atoms with E-state index in [0.717, 1.165) is 0 Å². The minimum absolute atomic E-state index is 0.314. The summed E-state index contributed by atoms with van der Waals surface area (Å²) in [4.78, 5) is 36.3. The smallest absolute Gasteiger partial charge is 0.329 e. The number of halogens is 4. The van der Waals surface area contributed by atoms with Crippen LogP contribution in [-0.4, -0.2) is 30.5 Å². The second kappa shape index (κ2) is 12.6. The van der Waals surface area contributed by atoms with Crippen molar-refractivity contribution in [3.63, 3.8) is 0 Å². The van der Waals surface area contributed by atoms with Crippen molar-refractivity contribution < 1.29 is 19.1 Å². The van der Waals surface area contributed by atoms with E-state index in [2.05, 4.69) is 37.1 Å². The summed E-state index contributed by atoms with van der Waals surface area (Å²) in [5.74, 6) is -2.04. The van der Waals surface area contributed by atoms with Crippen molar-refractivity contribution in [2.24, 2.45) is 5.10 Å². The minimum atomic E-state index is -0.988. The van der Waals surface area contributed by atoms with Gasteiger partial charge in [0.25, 0.3) is 5.91 Å². The van der Waals surface area contributed by atoms with Crippen molar-refractivity contribution in [2.45, 2.75) is 0 Å². The number of nitrogens with one attached hydrogen (secondary N) is 3. The van der Waals surface area contributed by atoms with Gasteiger partial charge in [-0.25, -0.2) is 5.43 Å². The number of nitrogens with zero attached hydrogens (tertiary/aromatic N) is 1. The number of rotatable bonds is 7. The van der Waals surface area contributed by atoms with E-state index >= 15 is 0 Å². The Hall–Kier alpha value is -3.11. The molecule has 8 nitrogen and oxygen atoms in total. The highest BCUT2D eigenvalue weighted by Gasteiger charge is 2.13. The Balaban J connectivity index is 1.58. The molecule has 12 heteroatoms. The fraction of sp³-hybridized carbons (Fsp3) is 0.0435. The number of anilines is 2. The maximum Gasteiger partial charge on any atom is 0.329 e. The van der Waals surface area contributed by atoms with Gasteiger partial charge in [0.1, 0.15) is 5.75 Å². The van der Waals surface area contributed by atoms with Gasteiger partial charge in [0, 0.05) is 36.5 Å². The third kappa shape index (κ3) is 8.56. The Morgan fingerprint density at radius 1 is 0.857 bits per heavy atom. The molecule has 0 aliphatic carbocycles. The molecule has 0 fully saturated rings. The Labute approximate surface area is 223 Å². The molecule has 0 heterocycles. The molecule has 0 unspecified atom stereocenters. The van der Waals surface area contributed by atoms with Crippen LogP contribution in [0.1, 0.15) is 5.56 Å². The molecule has 0 aromatic heterocycles. The predicted molar refractivity (Wildman–Crippen MR) is 141 cm³/mol. The van der Waals surface area contributed by atoms with E-state index in [1.54, 1.807) is 54.6 Å². The number of ether oxygens (including phenoxy) is 1. The fourth-order valence-corrected chi connectivity index (χ4v) is 3.78. The van der Waals surface area contributed by atoms with Crippen molar-refractivity contribution >= 4 is 86.0 Å². The number of carbonyl (C=O) groups excluding carboxylic acids is 3. The maximum atomic E-state index is 12.3. The molecular formula is C23H16BrCl3N4O4. The van der Waals surface area contributed by atoms with E-state index < -0.39 is 17.7 Å². The van der Waals surface area contributed by atoms with E-state index in [1.807, 2.05) is 0 Å². The Bertz CT molecular complexity index is 1280. The third-order valence-electron chi connectivity index (χ3n) is 4.14. The number of hydrogen-bond donors (Lipinski definition) is 3. The molecule has 0 bridgehead atoms. The first-order chi connectivity index (χ1) is 16.7. The van der Waals surface area contributed by atoms with Crippen molar-refractivity contribution in [2.75, 3.05) is 17.2 Å². The second-order valence-corrected chi connectivity index (χ2v) is 9.07. The highest BCUT2D eigenvalue weighted by Crippen LogP contribution is 2.24. The van der Waals surface area contributed by atoms with Gasteiger partial charge in [0.2, 0.25) is 0 Å². The molecule has 180 valence electrons. The first kappa shape index (κ1) is 26.5. The maximum absolute atomic E-state index is 12.3. The molecular weight excluding hydrogens is 583 g/mol. The third-order valence-corrected chi connectivity index (χ3v) is 5.30. The summed E-state index contributed by atoms with van der Waals surface area (Å²) in [5, 5.41) is 10.0. The Morgan fingerprint density at radius 3 is 2.29 bits per heavy atom. The average Bonchev–Trinajstić information content (AvgIpc) is 2.77. The minimum Gasteiger partial charge on any atom is -0.483 e. The van der Waals surface area contributed by atoms with Crippen molar-refractivity contribution in [3.8, 4) is 5.75 Å². The monoisotopic (exact) mass is 596 g/mol. The Kier molecular flexibility index (Phi) is 9.50. The summed E-state index contributed by atoms with van der Waals surface area (Å²) in [5.41, 5.74) is 3.36. The molecule has 0 saturated heterocycles. The average molecular weight is 599 g/mol. The topological polar surface area (TPSA) is 109 Å². The van der Waals surface area contributed by atoms with Crippen molar-refractivity contribution in [3.05, 3.63) is 85.8 Å². The van der Waals surface area contributed by atoms with Crippen LogP contribution in [-0.2, 0) is 14.4 Å².